The molecule has 0 aromatic carbocycles. The highest BCUT2D eigenvalue weighted by molar-refractivity contribution is 5.92. The van der Waals surface area contributed by atoms with Gasteiger partial charge in [0.05, 0.1) is 0 Å². The zero-order valence-electron chi connectivity index (χ0n) is 15.6. The van der Waals surface area contributed by atoms with Gasteiger partial charge < -0.3 is 14.8 Å². The van der Waals surface area contributed by atoms with Crippen molar-refractivity contribution in [2.75, 3.05) is 18.0 Å². The number of nitrogens with zero attached hydrogens (tertiary/aromatic N) is 5. The van der Waals surface area contributed by atoms with Crippen LogP contribution in [0.1, 0.15) is 55.3 Å². The van der Waals surface area contributed by atoms with E-state index >= 15 is 0 Å². The maximum Gasteiger partial charge on any atom is 0.272 e. The Labute approximate surface area is 149 Å². The summed E-state index contributed by atoms with van der Waals surface area (Å²) in [6, 6.07) is 2.38. The summed E-state index contributed by atoms with van der Waals surface area (Å²) < 4.78 is 3.97. The van der Waals surface area contributed by atoms with E-state index in [0.29, 0.717) is 11.7 Å². The third kappa shape index (κ3) is 3.70. The van der Waals surface area contributed by atoms with Gasteiger partial charge in [-0.25, -0.2) is 4.98 Å². The Balaban J connectivity index is 1.57. The molecule has 2 aromatic heterocycles. The summed E-state index contributed by atoms with van der Waals surface area (Å²) >= 11 is 0. The number of carbonyl (C=O) groups excluding carboxylic acids is 1. The zero-order chi connectivity index (χ0) is 18.0. The van der Waals surface area contributed by atoms with Crippen molar-refractivity contribution in [3.05, 3.63) is 29.8 Å². The van der Waals surface area contributed by atoms with Crippen LogP contribution >= 0.6 is 0 Å². The molecule has 1 saturated heterocycles. The normalized spacial score (nSPS) is 16.9. The van der Waals surface area contributed by atoms with Crippen LogP contribution in [0.15, 0.2) is 18.5 Å². The Morgan fingerprint density at radius 2 is 2.12 bits per heavy atom. The monoisotopic (exact) mass is 344 g/mol. The Bertz CT molecular complexity index is 726. The summed E-state index contributed by atoms with van der Waals surface area (Å²) in [5.41, 5.74) is 1.55. The van der Waals surface area contributed by atoms with Crippen molar-refractivity contribution in [2.45, 2.75) is 52.1 Å². The summed E-state index contributed by atoms with van der Waals surface area (Å²) in [6.45, 7) is 8.05. The highest BCUT2D eigenvalue weighted by Crippen LogP contribution is 2.18. The predicted octanol–water partition coefficient (Wildman–Crippen LogP) is 2.29. The number of carbonyl (C=O) groups is 1. The fourth-order valence-corrected chi connectivity index (χ4v) is 3.36. The molecule has 7 nitrogen and oxygen atoms in total. The number of amides is 1. The van der Waals surface area contributed by atoms with Crippen LogP contribution in [0, 0.1) is 6.92 Å². The number of piperidine rings is 1. The molecule has 0 aliphatic carbocycles. The van der Waals surface area contributed by atoms with Gasteiger partial charge in [0.15, 0.2) is 0 Å². The van der Waals surface area contributed by atoms with Gasteiger partial charge in [-0.1, -0.05) is 6.92 Å². The lowest BCUT2D eigenvalue weighted by Crippen LogP contribution is -2.45. The second kappa shape index (κ2) is 7.29. The molecule has 25 heavy (non-hydrogen) atoms. The van der Waals surface area contributed by atoms with E-state index in [1.54, 1.807) is 0 Å². The quantitative estimate of drug-likeness (QED) is 0.904. The molecule has 7 heteroatoms. The summed E-state index contributed by atoms with van der Waals surface area (Å²) in [6.07, 6.45) is 6.61. The van der Waals surface area contributed by atoms with Gasteiger partial charge in [-0.05, 0) is 39.2 Å². The highest BCUT2D eigenvalue weighted by Gasteiger charge is 2.24. The largest absolute Gasteiger partial charge is 0.348 e. The first kappa shape index (κ1) is 17.5. The number of imidazole rings is 1. The van der Waals surface area contributed by atoms with Gasteiger partial charge in [0.2, 0.25) is 5.95 Å². The standard InChI is InChI=1S/C18H28N6O/c1-5-13(2)24-14(3)12-16(21-24)17(25)20-15-6-9-23(10-7-15)18-19-8-11-22(18)4/h8,11-13,15H,5-7,9-10H2,1-4H3,(H,20,25). The van der Waals surface area contributed by atoms with Crippen molar-refractivity contribution in [3.8, 4) is 0 Å². The number of nitrogens with one attached hydrogen (secondary N) is 1. The molecular weight excluding hydrogens is 316 g/mol. The Hall–Kier alpha value is -2.31. The van der Waals surface area contributed by atoms with Gasteiger partial charge in [-0.3, -0.25) is 9.48 Å². The molecule has 1 atom stereocenters. The van der Waals surface area contributed by atoms with Crippen molar-refractivity contribution in [1.29, 1.82) is 0 Å². The summed E-state index contributed by atoms with van der Waals surface area (Å²) in [4.78, 5) is 19.2. The van der Waals surface area contributed by atoms with E-state index in [4.69, 9.17) is 0 Å². The minimum absolute atomic E-state index is 0.0689. The second-order valence-electron chi connectivity index (χ2n) is 6.95. The van der Waals surface area contributed by atoms with Crippen LogP contribution in [-0.2, 0) is 7.05 Å². The first-order chi connectivity index (χ1) is 12.0. The number of rotatable bonds is 5. The molecule has 136 valence electrons. The fourth-order valence-electron chi connectivity index (χ4n) is 3.36. The van der Waals surface area contributed by atoms with Gasteiger partial charge in [0.1, 0.15) is 5.69 Å². The van der Waals surface area contributed by atoms with Gasteiger partial charge in [0.25, 0.3) is 5.91 Å². The van der Waals surface area contributed by atoms with Crippen LogP contribution < -0.4 is 10.2 Å². The fraction of sp³-hybridized carbons (Fsp3) is 0.611. The molecule has 2 aromatic rings. The third-order valence-electron chi connectivity index (χ3n) is 5.07. The van der Waals surface area contributed by atoms with Crippen LogP contribution in [0.25, 0.3) is 0 Å². The van der Waals surface area contributed by atoms with Gasteiger partial charge in [-0.15, -0.1) is 0 Å². The maximum atomic E-state index is 12.5. The first-order valence-electron chi connectivity index (χ1n) is 9.08. The van der Waals surface area contributed by atoms with Crippen molar-refractivity contribution >= 4 is 11.9 Å². The molecule has 0 radical (unpaired) electrons. The van der Waals surface area contributed by atoms with E-state index in [0.717, 1.165) is 44.0 Å². The lowest BCUT2D eigenvalue weighted by atomic mass is 10.1. The summed E-state index contributed by atoms with van der Waals surface area (Å²) in [5.74, 6) is 0.924. The topological polar surface area (TPSA) is 68.0 Å². The van der Waals surface area contributed by atoms with Crippen LogP contribution in [0.3, 0.4) is 0 Å². The van der Waals surface area contributed by atoms with Crippen LogP contribution in [0.5, 0.6) is 0 Å². The van der Waals surface area contributed by atoms with Crippen molar-refractivity contribution in [3.63, 3.8) is 0 Å². The average Bonchev–Trinajstić information content (AvgIpc) is 3.21. The van der Waals surface area contributed by atoms with Crippen LogP contribution in [-0.4, -0.2) is 44.4 Å². The van der Waals surface area contributed by atoms with E-state index < -0.39 is 0 Å². The molecule has 0 bridgehead atoms. The van der Waals surface area contributed by atoms with Crippen molar-refractivity contribution in [1.82, 2.24) is 24.6 Å². The minimum Gasteiger partial charge on any atom is -0.348 e. The molecule has 0 saturated carbocycles. The molecule has 3 heterocycles. The number of aromatic nitrogens is 4. The molecule has 1 amide bonds. The molecule has 1 N–H and O–H groups in total. The molecule has 3 rings (SSSR count). The van der Waals surface area contributed by atoms with Gasteiger partial charge in [0, 0.05) is 50.3 Å². The second-order valence-corrected chi connectivity index (χ2v) is 6.95. The Morgan fingerprint density at radius 1 is 1.40 bits per heavy atom. The zero-order valence-corrected chi connectivity index (χ0v) is 15.6. The lowest BCUT2D eigenvalue weighted by molar-refractivity contribution is 0.0925. The molecule has 1 unspecified atom stereocenters. The average molecular weight is 344 g/mol. The number of hydrogen-bond donors (Lipinski definition) is 1. The van der Waals surface area contributed by atoms with Crippen molar-refractivity contribution < 1.29 is 4.79 Å². The van der Waals surface area contributed by atoms with E-state index in [-0.39, 0.29) is 11.9 Å². The van der Waals surface area contributed by atoms with E-state index in [1.165, 1.54) is 0 Å². The number of hydrogen-bond acceptors (Lipinski definition) is 4. The Kier molecular flexibility index (Phi) is 5.11. The minimum atomic E-state index is -0.0689. The molecule has 1 aliphatic heterocycles. The lowest BCUT2D eigenvalue weighted by Gasteiger charge is -2.32. The first-order valence-corrected chi connectivity index (χ1v) is 9.08. The molecular formula is C18H28N6O. The SMILES string of the molecule is CCC(C)n1nc(C(=O)NC2CCN(c3nccn3C)CC2)cc1C. The Morgan fingerprint density at radius 3 is 2.72 bits per heavy atom. The predicted molar refractivity (Wildman–Crippen MR) is 97.9 cm³/mol. The number of anilines is 1. The van der Waals surface area contributed by atoms with Crippen LogP contribution in [0.4, 0.5) is 5.95 Å². The van der Waals surface area contributed by atoms with E-state index in [1.807, 2.05) is 41.7 Å². The van der Waals surface area contributed by atoms with Gasteiger partial charge in [-0.2, -0.15) is 5.10 Å². The maximum absolute atomic E-state index is 12.5. The summed E-state index contributed by atoms with van der Waals surface area (Å²) in [5, 5.41) is 7.64. The summed E-state index contributed by atoms with van der Waals surface area (Å²) in [7, 11) is 2.01. The molecule has 1 aliphatic rings. The number of aryl methyl sites for hydroxylation is 2. The highest BCUT2D eigenvalue weighted by atomic mass is 16.2. The third-order valence-corrected chi connectivity index (χ3v) is 5.07. The van der Waals surface area contributed by atoms with Crippen molar-refractivity contribution in [2.24, 2.45) is 7.05 Å². The van der Waals surface area contributed by atoms with E-state index in [2.05, 4.69) is 34.1 Å². The van der Waals surface area contributed by atoms with Gasteiger partial charge >= 0.3 is 0 Å². The van der Waals surface area contributed by atoms with E-state index in [9.17, 15) is 4.79 Å². The molecule has 1 fully saturated rings. The van der Waals surface area contributed by atoms with Crippen LogP contribution in [0.2, 0.25) is 0 Å². The molecule has 0 spiro atoms. The smallest absolute Gasteiger partial charge is 0.272 e.